The van der Waals surface area contributed by atoms with Gasteiger partial charge in [0.05, 0.1) is 5.75 Å². The lowest BCUT2D eigenvalue weighted by molar-refractivity contribution is 0.336. The zero-order valence-corrected chi connectivity index (χ0v) is 11.1. The highest BCUT2D eigenvalue weighted by Crippen LogP contribution is 2.17. The largest absolute Gasteiger partial charge is 0.492 e. The minimum Gasteiger partial charge on any atom is -0.492 e. The number of benzene rings is 1. The molecule has 0 aliphatic rings. The van der Waals surface area contributed by atoms with Gasteiger partial charge in [-0.25, -0.2) is 8.42 Å². The maximum Gasteiger partial charge on any atom is 0.153 e. The Bertz CT molecular complexity index is 443. The van der Waals surface area contributed by atoms with Crippen LogP contribution < -0.4 is 10.1 Å². The van der Waals surface area contributed by atoms with Crippen LogP contribution in [-0.2, 0) is 16.4 Å². The summed E-state index contributed by atoms with van der Waals surface area (Å²) < 4.78 is 28.1. The molecule has 1 aromatic rings. The maximum absolute atomic E-state index is 11.3. The van der Waals surface area contributed by atoms with E-state index < -0.39 is 9.84 Å². The van der Waals surface area contributed by atoms with E-state index in [0.717, 1.165) is 11.3 Å². The van der Waals surface area contributed by atoms with Crippen LogP contribution in [0.2, 0.25) is 0 Å². The Balaban J connectivity index is 2.57. The Kier molecular flexibility index (Phi) is 5.44. The molecule has 5 heteroatoms. The fourth-order valence-electron chi connectivity index (χ4n) is 1.40. The molecule has 0 bridgehead atoms. The summed E-state index contributed by atoms with van der Waals surface area (Å²) in [5, 5.41) is 3.04. The molecular weight excluding hydrogens is 238 g/mol. The van der Waals surface area contributed by atoms with Gasteiger partial charge in [0, 0.05) is 17.9 Å². The van der Waals surface area contributed by atoms with Gasteiger partial charge in [-0.05, 0) is 13.1 Å². The fourth-order valence-corrected chi connectivity index (χ4v) is 2.03. The molecule has 17 heavy (non-hydrogen) atoms. The molecule has 0 radical (unpaired) electrons. The van der Waals surface area contributed by atoms with Crippen molar-refractivity contribution < 1.29 is 13.2 Å². The van der Waals surface area contributed by atoms with Gasteiger partial charge in [-0.1, -0.05) is 25.1 Å². The highest BCUT2D eigenvalue weighted by atomic mass is 32.2. The second-order valence-electron chi connectivity index (χ2n) is 3.72. The highest BCUT2D eigenvalue weighted by molar-refractivity contribution is 7.91. The van der Waals surface area contributed by atoms with E-state index in [1.807, 2.05) is 31.3 Å². The molecule has 0 spiro atoms. The van der Waals surface area contributed by atoms with E-state index in [-0.39, 0.29) is 18.1 Å². The van der Waals surface area contributed by atoms with E-state index in [9.17, 15) is 8.42 Å². The first-order valence-electron chi connectivity index (χ1n) is 5.65. The first-order chi connectivity index (χ1) is 8.09. The van der Waals surface area contributed by atoms with Gasteiger partial charge in [-0.3, -0.25) is 0 Å². The lowest BCUT2D eigenvalue weighted by Crippen LogP contribution is -2.16. The molecule has 0 unspecified atom stereocenters. The highest BCUT2D eigenvalue weighted by Gasteiger charge is 2.08. The monoisotopic (exact) mass is 257 g/mol. The molecule has 1 N–H and O–H groups in total. The van der Waals surface area contributed by atoms with Gasteiger partial charge in [-0.2, -0.15) is 0 Å². The lowest BCUT2D eigenvalue weighted by Gasteiger charge is -2.10. The first kappa shape index (κ1) is 14.0. The normalized spacial score (nSPS) is 11.4. The number of nitrogens with one attached hydrogen (secondary N) is 1. The number of rotatable bonds is 7. The van der Waals surface area contributed by atoms with Crippen molar-refractivity contribution in [3.05, 3.63) is 29.8 Å². The number of para-hydroxylation sites is 1. The smallest absolute Gasteiger partial charge is 0.153 e. The summed E-state index contributed by atoms with van der Waals surface area (Å²) in [6.07, 6.45) is 0. The molecule has 0 atom stereocenters. The number of sulfone groups is 1. The van der Waals surface area contributed by atoms with E-state index in [1.54, 1.807) is 6.92 Å². The van der Waals surface area contributed by atoms with Gasteiger partial charge in [-0.15, -0.1) is 0 Å². The third kappa shape index (κ3) is 4.75. The molecule has 0 aliphatic carbocycles. The molecule has 0 saturated carbocycles. The molecule has 0 fully saturated rings. The van der Waals surface area contributed by atoms with Crippen molar-refractivity contribution in [3.63, 3.8) is 0 Å². The molecule has 0 aliphatic heterocycles. The van der Waals surface area contributed by atoms with Crippen molar-refractivity contribution in [2.24, 2.45) is 0 Å². The van der Waals surface area contributed by atoms with Gasteiger partial charge in [0.25, 0.3) is 0 Å². The zero-order valence-electron chi connectivity index (χ0n) is 10.3. The Hall–Kier alpha value is -1.07. The fraction of sp³-hybridized carbons (Fsp3) is 0.500. The summed E-state index contributed by atoms with van der Waals surface area (Å²) in [6, 6.07) is 7.62. The van der Waals surface area contributed by atoms with Crippen LogP contribution in [0.15, 0.2) is 24.3 Å². The van der Waals surface area contributed by atoms with Gasteiger partial charge in [0.15, 0.2) is 9.84 Å². The maximum atomic E-state index is 11.3. The van der Waals surface area contributed by atoms with Crippen LogP contribution in [0.1, 0.15) is 12.5 Å². The number of hydrogen-bond donors (Lipinski definition) is 1. The average Bonchev–Trinajstić information content (AvgIpc) is 2.31. The van der Waals surface area contributed by atoms with Gasteiger partial charge >= 0.3 is 0 Å². The Morgan fingerprint density at radius 2 is 2.00 bits per heavy atom. The van der Waals surface area contributed by atoms with E-state index in [4.69, 9.17) is 4.74 Å². The molecule has 1 rings (SSSR count). The average molecular weight is 257 g/mol. The molecule has 0 heterocycles. The lowest BCUT2D eigenvalue weighted by atomic mass is 10.2. The predicted molar refractivity (Wildman–Crippen MR) is 69.0 cm³/mol. The standard InChI is InChI=1S/C12H19NO3S/c1-3-17(14,15)9-8-16-12-7-5-4-6-11(12)10-13-2/h4-7,13H,3,8-10H2,1-2H3. The summed E-state index contributed by atoms with van der Waals surface area (Å²) in [6.45, 7) is 2.55. The van der Waals surface area contributed by atoms with Crippen molar-refractivity contribution in [2.75, 3.05) is 25.2 Å². The molecular formula is C12H19NO3S. The number of ether oxygens (including phenoxy) is 1. The van der Waals surface area contributed by atoms with E-state index in [1.165, 1.54) is 0 Å². The van der Waals surface area contributed by atoms with Crippen LogP contribution in [-0.4, -0.2) is 33.6 Å². The van der Waals surface area contributed by atoms with Crippen LogP contribution in [0.4, 0.5) is 0 Å². The molecule has 96 valence electrons. The topological polar surface area (TPSA) is 55.4 Å². The Morgan fingerprint density at radius 1 is 1.29 bits per heavy atom. The van der Waals surface area contributed by atoms with Gasteiger partial charge < -0.3 is 10.1 Å². The Morgan fingerprint density at radius 3 is 2.65 bits per heavy atom. The molecule has 4 nitrogen and oxygen atoms in total. The SMILES string of the molecule is CCS(=O)(=O)CCOc1ccccc1CNC. The van der Waals surface area contributed by atoms with Crippen molar-refractivity contribution in [1.82, 2.24) is 5.32 Å². The van der Waals surface area contributed by atoms with Crippen molar-refractivity contribution in [2.45, 2.75) is 13.5 Å². The van der Waals surface area contributed by atoms with Crippen LogP contribution in [0.5, 0.6) is 5.75 Å². The molecule has 1 aromatic carbocycles. The summed E-state index contributed by atoms with van der Waals surface area (Å²) >= 11 is 0. The van der Waals surface area contributed by atoms with Crippen LogP contribution in [0, 0.1) is 0 Å². The predicted octanol–water partition coefficient (Wildman–Crippen LogP) is 1.22. The minimum atomic E-state index is -2.96. The van der Waals surface area contributed by atoms with Crippen LogP contribution in [0.25, 0.3) is 0 Å². The van der Waals surface area contributed by atoms with Crippen molar-refractivity contribution in [3.8, 4) is 5.75 Å². The van der Waals surface area contributed by atoms with Crippen molar-refractivity contribution >= 4 is 9.84 Å². The quantitative estimate of drug-likeness (QED) is 0.798. The van der Waals surface area contributed by atoms with Gasteiger partial charge in [0.1, 0.15) is 12.4 Å². The van der Waals surface area contributed by atoms with Crippen LogP contribution >= 0.6 is 0 Å². The Labute approximate surface area is 103 Å². The van der Waals surface area contributed by atoms with E-state index in [0.29, 0.717) is 6.54 Å². The molecule has 0 saturated heterocycles. The summed E-state index contributed by atoms with van der Waals surface area (Å²) in [4.78, 5) is 0. The first-order valence-corrected chi connectivity index (χ1v) is 7.47. The minimum absolute atomic E-state index is 0.0669. The third-order valence-electron chi connectivity index (χ3n) is 2.43. The summed E-state index contributed by atoms with van der Waals surface area (Å²) in [5.74, 6) is 0.972. The second kappa shape index (κ2) is 6.61. The molecule has 0 aromatic heterocycles. The van der Waals surface area contributed by atoms with Gasteiger partial charge in [0.2, 0.25) is 0 Å². The van der Waals surface area contributed by atoms with Crippen molar-refractivity contribution in [1.29, 1.82) is 0 Å². The summed E-state index contributed by atoms with van der Waals surface area (Å²) in [5.41, 5.74) is 1.03. The zero-order chi connectivity index (χ0) is 12.7. The van der Waals surface area contributed by atoms with E-state index >= 15 is 0 Å². The molecule has 0 amide bonds. The van der Waals surface area contributed by atoms with E-state index in [2.05, 4.69) is 5.32 Å². The summed E-state index contributed by atoms with van der Waals surface area (Å²) in [7, 11) is -1.10. The van der Waals surface area contributed by atoms with Crippen LogP contribution in [0.3, 0.4) is 0 Å². The number of hydrogen-bond acceptors (Lipinski definition) is 4. The third-order valence-corrected chi connectivity index (χ3v) is 4.10. The second-order valence-corrected chi connectivity index (χ2v) is 6.20.